The average molecular weight is 482 g/mol. The summed E-state index contributed by atoms with van der Waals surface area (Å²) in [4.78, 5) is 32.5. The first-order chi connectivity index (χ1) is 17.5. The topological polar surface area (TPSA) is 140 Å². The third-order valence-electron chi connectivity index (χ3n) is 5.75. The van der Waals surface area contributed by atoms with E-state index in [0.29, 0.717) is 28.7 Å². The largest absolute Gasteiger partial charge is 0.321 e. The zero-order valence-corrected chi connectivity index (χ0v) is 19.6. The lowest BCUT2D eigenvalue weighted by atomic mass is 10.0. The molecule has 0 spiro atoms. The fraction of sp³-hybridized carbons (Fsp3) is 0.120. The molecule has 0 fully saturated rings. The lowest BCUT2D eigenvalue weighted by molar-refractivity contribution is -0.119. The van der Waals surface area contributed by atoms with Crippen molar-refractivity contribution in [1.82, 2.24) is 25.9 Å². The fourth-order valence-electron chi connectivity index (χ4n) is 3.90. The molecular weight excluding hydrogens is 458 g/mol. The van der Waals surface area contributed by atoms with Gasteiger partial charge in [-0.3, -0.25) is 4.79 Å². The number of aromatic amines is 1. The molecule has 1 atom stereocenters. The van der Waals surface area contributed by atoms with Crippen molar-refractivity contribution in [2.24, 2.45) is 4.99 Å². The minimum atomic E-state index is -1.13. The Morgan fingerprint density at radius 1 is 1.03 bits per heavy atom. The summed E-state index contributed by atoms with van der Waals surface area (Å²) in [6, 6.07) is 21.9. The molecule has 3 aromatic carbocycles. The van der Waals surface area contributed by atoms with Crippen LogP contribution in [0.15, 0.2) is 77.8 Å². The minimum absolute atomic E-state index is 0.300. The number of rotatable bonds is 5. The van der Waals surface area contributed by atoms with E-state index in [2.05, 4.69) is 36.6 Å². The van der Waals surface area contributed by atoms with Crippen LogP contribution in [0.4, 0.5) is 27.8 Å². The van der Waals surface area contributed by atoms with Crippen LogP contribution in [0, 0.1) is 6.92 Å². The van der Waals surface area contributed by atoms with Gasteiger partial charge in [-0.05, 0) is 35.9 Å². The number of para-hydroxylation sites is 1. The number of amides is 3. The molecule has 11 heteroatoms. The molecule has 0 aliphatic carbocycles. The number of benzene rings is 3. The Kier molecular flexibility index (Phi) is 6.10. The number of nitrogens with zero attached hydrogens (tertiary/aromatic N) is 5. The summed E-state index contributed by atoms with van der Waals surface area (Å²) in [7, 11) is 1.67. The second kappa shape index (κ2) is 9.66. The number of H-pyrrole nitrogens is 1. The van der Waals surface area contributed by atoms with Gasteiger partial charge in [0, 0.05) is 29.5 Å². The first kappa shape index (κ1) is 22.7. The van der Waals surface area contributed by atoms with E-state index in [1.54, 1.807) is 19.2 Å². The SMILES string of the molecule is Cc1ccc(NC(=O)NC2N=C(c3ccccc3)c3ccccc3N(C)C2=O)cc1Nc1nn[nH]n1. The summed E-state index contributed by atoms with van der Waals surface area (Å²) >= 11 is 0. The number of aryl methyl sites for hydroxylation is 1. The highest BCUT2D eigenvalue weighted by atomic mass is 16.2. The zero-order valence-electron chi connectivity index (χ0n) is 19.6. The molecule has 11 nitrogen and oxygen atoms in total. The molecule has 180 valence electrons. The van der Waals surface area contributed by atoms with Crippen LogP contribution in [0.2, 0.25) is 0 Å². The van der Waals surface area contributed by atoms with Crippen molar-refractivity contribution in [3.05, 3.63) is 89.5 Å². The molecule has 5 rings (SSSR count). The van der Waals surface area contributed by atoms with Crippen molar-refractivity contribution in [2.45, 2.75) is 13.1 Å². The van der Waals surface area contributed by atoms with E-state index in [-0.39, 0.29) is 5.91 Å². The molecule has 1 aromatic heterocycles. The monoisotopic (exact) mass is 481 g/mol. The summed E-state index contributed by atoms with van der Waals surface area (Å²) in [5.74, 6) is -0.0546. The van der Waals surface area contributed by atoms with Gasteiger partial charge in [-0.25, -0.2) is 9.79 Å². The summed E-state index contributed by atoms with van der Waals surface area (Å²) in [5, 5.41) is 22.2. The maximum absolute atomic E-state index is 13.3. The standard InChI is InChI=1S/C25H23N9O2/c1-15-12-13-17(14-19(15)27-24-30-32-33-31-24)26-25(36)29-22-23(35)34(2)20-11-7-6-10-18(20)21(28-22)16-8-4-3-5-9-16/h3-14,22H,1-2H3,(H2,26,29,36)(H2,27,30,31,32,33). The number of likely N-dealkylation sites (N-methyl/N-ethyl adjacent to an activating group) is 1. The van der Waals surface area contributed by atoms with Crippen molar-refractivity contribution in [1.29, 1.82) is 0 Å². The number of hydrogen-bond acceptors (Lipinski definition) is 7. The Bertz CT molecular complexity index is 1440. The summed E-state index contributed by atoms with van der Waals surface area (Å²) in [6.07, 6.45) is -1.13. The van der Waals surface area contributed by atoms with E-state index in [9.17, 15) is 9.59 Å². The summed E-state index contributed by atoms with van der Waals surface area (Å²) < 4.78 is 0. The van der Waals surface area contributed by atoms with Crippen molar-refractivity contribution in [3.8, 4) is 0 Å². The van der Waals surface area contributed by atoms with Gasteiger partial charge < -0.3 is 20.9 Å². The van der Waals surface area contributed by atoms with Crippen LogP contribution in [0.3, 0.4) is 0 Å². The van der Waals surface area contributed by atoms with Gasteiger partial charge >= 0.3 is 6.03 Å². The smallest absolute Gasteiger partial charge is 0.321 e. The molecule has 36 heavy (non-hydrogen) atoms. The first-order valence-corrected chi connectivity index (χ1v) is 11.2. The molecule has 1 aliphatic heterocycles. The Morgan fingerprint density at radius 2 is 1.81 bits per heavy atom. The minimum Gasteiger partial charge on any atom is -0.321 e. The van der Waals surface area contributed by atoms with Crippen LogP contribution in [0.1, 0.15) is 16.7 Å². The number of carbonyl (C=O) groups is 2. The van der Waals surface area contributed by atoms with E-state index in [1.807, 2.05) is 67.6 Å². The van der Waals surface area contributed by atoms with Gasteiger partial charge in [-0.1, -0.05) is 59.7 Å². The van der Waals surface area contributed by atoms with Crippen LogP contribution in [0.5, 0.6) is 0 Å². The Hall–Kier alpha value is -5.06. The van der Waals surface area contributed by atoms with E-state index in [4.69, 9.17) is 4.99 Å². The highest BCUT2D eigenvalue weighted by Gasteiger charge is 2.31. The lowest BCUT2D eigenvalue weighted by Gasteiger charge is -2.21. The highest BCUT2D eigenvalue weighted by Crippen LogP contribution is 2.27. The number of urea groups is 1. The molecular formula is C25H23N9O2. The number of carbonyl (C=O) groups excluding carboxylic acids is 2. The molecule has 0 radical (unpaired) electrons. The number of aliphatic imine (C=N–C) groups is 1. The van der Waals surface area contributed by atoms with Crippen molar-refractivity contribution >= 4 is 40.7 Å². The molecule has 1 aliphatic rings. The number of aromatic nitrogens is 4. The lowest BCUT2D eigenvalue weighted by Crippen LogP contribution is -2.47. The number of benzodiazepines with no additional fused rings is 1. The predicted molar refractivity (Wildman–Crippen MR) is 137 cm³/mol. The van der Waals surface area contributed by atoms with Gasteiger partial charge in [-0.2, -0.15) is 5.21 Å². The van der Waals surface area contributed by atoms with Crippen LogP contribution < -0.4 is 20.9 Å². The molecule has 3 amide bonds. The molecule has 0 saturated heterocycles. The Morgan fingerprint density at radius 3 is 2.58 bits per heavy atom. The molecule has 4 N–H and O–H groups in total. The molecule has 4 aromatic rings. The van der Waals surface area contributed by atoms with Gasteiger partial charge in [0.1, 0.15) is 0 Å². The van der Waals surface area contributed by atoms with Crippen LogP contribution >= 0.6 is 0 Å². The summed E-state index contributed by atoms with van der Waals surface area (Å²) in [6.45, 7) is 1.91. The Balaban J connectivity index is 1.40. The van der Waals surface area contributed by atoms with Gasteiger partial charge in [0.25, 0.3) is 11.9 Å². The first-order valence-electron chi connectivity index (χ1n) is 11.2. The molecule has 1 unspecified atom stereocenters. The third kappa shape index (κ3) is 4.62. The van der Waals surface area contributed by atoms with Gasteiger partial charge in [0.2, 0.25) is 6.17 Å². The summed E-state index contributed by atoms with van der Waals surface area (Å²) in [5.41, 5.74) is 5.10. The second-order valence-electron chi connectivity index (χ2n) is 8.15. The van der Waals surface area contributed by atoms with Crippen molar-refractivity contribution in [2.75, 3.05) is 22.6 Å². The number of nitrogens with one attached hydrogen (secondary N) is 4. The second-order valence-corrected chi connectivity index (χ2v) is 8.15. The van der Waals surface area contributed by atoms with E-state index in [1.165, 1.54) is 4.90 Å². The highest BCUT2D eigenvalue weighted by molar-refractivity contribution is 6.20. The number of tetrazole rings is 1. The maximum atomic E-state index is 13.3. The van der Waals surface area contributed by atoms with Crippen molar-refractivity contribution < 1.29 is 9.59 Å². The average Bonchev–Trinajstić information content (AvgIpc) is 3.38. The maximum Gasteiger partial charge on any atom is 0.321 e. The number of anilines is 4. The van der Waals surface area contributed by atoms with Gasteiger partial charge in [0.05, 0.1) is 11.4 Å². The van der Waals surface area contributed by atoms with E-state index < -0.39 is 12.2 Å². The molecule has 0 saturated carbocycles. The third-order valence-corrected chi connectivity index (χ3v) is 5.75. The molecule has 0 bridgehead atoms. The van der Waals surface area contributed by atoms with E-state index >= 15 is 0 Å². The quantitative estimate of drug-likeness (QED) is 0.345. The zero-order chi connectivity index (χ0) is 25.1. The van der Waals surface area contributed by atoms with Crippen LogP contribution in [-0.4, -0.2) is 51.5 Å². The van der Waals surface area contributed by atoms with Gasteiger partial charge in [0.15, 0.2) is 0 Å². The van der Waals surface area contributed by atoms with Gasteiger partial charge in [-0.15, -0.1) is 5.10 Å². The van der Waals surface area contributed by atoms with Crippen LogP contribution in [-0.2, 0) is 4.79 Å². The van der Waals surface area contributed by atoms with Crippen molar-refractivity contribution in [3.63, 3.8) is 0 Å². The number of hydrogen-bond donors (Lipinski definition) is 4. The Labute approximate surface area is 206 Å². The fourth-order valence-corrected chi connectivity index (χ4v) is 3.90. The predicted octanol–water partition coefficient (Wildman–Crippen LogP) is 3.21. The number of fused-ring (bicyclic) bond motifs is 1. The van der Waals surface area contributed by atoms with Crippen LogP contribution in [0.25, 0.3) is 0 Å². The molecule has 2 heterocycles. The normalized spacial score (nSPS) is 14.9. The van der Waals surface area contributed by atoms with E-state index in [0.717, 1.165) is 16.7 Å².